The Hall–Kier alpha value is -3.38. The number of rotatable bonds is 7. The third kappa shape index (κ3) is 6.05. The fourth-order valence-electron chi connectivity index (χ4n) is 2.69. The normalized spacial score (nSPS) is 11.7. The van der Waals surface area contributed by atoms with E-state index in [0.29, 0.717) is 16.6 Å². The highest BCUT2D eigenvalue weighted by Crippen LogP contribution is 2.31. The Kier molecular flexibility index (Phi) is 7.19. The van der Waals surface area contributed by atoms with Crippen LogP contribution in [-0.2, 0) is 0 Å². The maximum atomic E-state index is 6.07. The minimum Gasteiger partial charge on any atom is -0.493 e. The zero-order chi connectivity index (χ0) is 20.5. The van der Waals surface area contributed by atoms with Crippen molar-refractivity contribution in [2.24, 2.45) is 5.10 Å². The van der Waals surface area contributed by atoms with Gasteiger partial charge in [0.25, 0.3) is 0 Å². The Morgan fingerprint density at radius 1 is 0.966 bits per heavy atom. The summed E-state index contributed by atoms with van der Waals surface area (Å²) in [5.41, 5.74) is 5.66. The number of anilines is 1. The number of hydrogen-bond donors (Lipinski definition) is 2. The molecule has 0 saturated carbocycles. The smallest absolute Gasteiger partial charge is 0.191 e. The summed E-state index contributed by atoms with van der Waals surface area (Å²) in [5.74, 6) is 1.32. The molecular formula is C23H23N3O2S. The van der Waals surface area contributed by atoms with Gasteiger partial charge in [0, 0.05) is 5.69 Å². The van der Waals surface area contributed by atoms with Crippen molar-refractivity contribution in [2.45, 2.75) is 13.0 Å². The van der Waals surface area contributed by atoms with Crippen molar-refractivity contribution in [1.29, 1.82) is 0 Å². The highest BCUT2D eigenvalue weighted by molar-refractivity contribution is 7.80. The SMILES string of the molecule is COc1cc(/C=N\NC(=S)Nc2ccccc2)ccc1O[C@@H](C)c1ccccc1. The molecule has 3 rings (SSSR count). The van der Waals surface area contributed by atoms with Gasteiger partial charge in [-0.25, -0.2) is 0 Å². The maximum absolute atomic E-state index is 6.07. The van der Waals surface area contributed by atoms with Crippen LogP contribution in [0, 0.1) is 0 Å². The molecule has 0 unspecified atom stereocenters. The van der Waals surface area contributed by atoms with Gasteiger partial charge in [0.1, 0.15) is 6.10 Å². The molecule has 2 N–H and O–H groups in total. The van der Waals surface area contributed by atoms with Gasteiger partial charge in [0.2, 0.25) is 0 Å². The third-order valence-corrected chi connectivity index (χ3v) is 4.37. The summed E-state index contributed by atoms with van der Waals surface area (Å²) in [6.45, 7) is 2.01. The van der Waals surface area contributed by atoms with E-state index in [0.717, 1.165) is 16.8 Å². The van der Waals surface area contributed by atoms with E-state index in [4.69, 9.17) is 21.7 Å². The van der Waals surface area contributed by atoms with Crippen LogP contribution in [0.25, 0.3) is 0 Å². The molecule has 29 heavy (non-hydrogen) atoms. The molecule has 5 nitrogen and oxygen atoms in total. The monoisotopic (exact) mass is 405 g/mol. The molecule has 0 amide bonds. The number of ether oxygens (including phenoxy) is 2. The van der Waals surface area contributed by atoms with Gasteiger partial charge in [-0.15, -0.1) is 0 Å². The van der Waals surface area contributed by atoms with Crippen molar-refractivity contribution in [3.63, 3.8) is 0 Å². The molecule has 3 aromatic carbocycles. The van der Waals surface area contributed by atoms with E-state index in [2.05, 4.69) is 15.8 Å². The van der Waals surface area contributed by atoms with E-state index in [1.807, 2.05) is 85.8 Å². The summed E-state index contributed by atoms with van der Waals surface area (Å²) in [5, 5.41) is 7.65. The summed E-state index contributed by atoms with van der Waals surface area (Å²) in [6, 6.07) is 25.4. The first-order valence-corrected chi connectivity index (χ1v) is 9.61. The second-order valence-electron chi connectivity index (χ2n) is 6.27. The number of benzene rings is 3. The quantitative estimate of drug-likeness (QED) is 0.323. The Morgan fingerprint density at radius 2 is 1.66 bits per heavy atom. The van der Waals surface area contributed by atoms with Gasteiger partial charge in [0.15, 0.2) is 16.6 Å². The third-order valence-electron chi connectivity index (χ3n) is 4.17. The van der Waals surface area contributed by atoms with Crippen molar-refractivity contribution in [1.82, 2.24) is 5.43 Å². The number of nitrogens with one attached hydrogen (secondary N) is 2. The van der Waals surface area contributed by atoms with Crippen LogP contribution >= 0.6 is 12.2 Å². The first-order chi connectivity index (χ1) is 14.2. The largest absolute Gasteiger partial charge is 0.493 e. The average Bonchev–Trinajstić information content (AvgIpc) is 2.76. The van der Waals surface area contributed by atoms with Gasteiger partial charge in [-0.3, -0.25) is 5.43 Å². The van der Waals surface area contributed by atoms with Crippen molar-refractivity contribution >= 4 is 29.2 Å². The number of hydrogen-bond acceptors (Lipinski definition) is 4. The number of methoxy groups -OCH3 is 1. The molecule has 0 aliphatic rings. The Morgan fingerprint density at radius 3 is 2.34 bits per heavy atom. The second kappa shape index (κ2) is 10.2. The van der Waals surface area contributed by atoms with Crippen LogP contribution in [-0.4, -0.2) is 18.4 Å². The number of nitrogens with zero attached hydrogens (tertiary/aromatic N) is 1. The molecule has 0 spiro atoms. The standard InChI is InChI=1S/C23H23N3O2S/c1-17(19-9-5-3-6-10-19)28-21-14-13-18(15-22(21)27-2)16-24-26-23(29)25-20-11-7-4-8-12-20/h3-17H,1-2H3,(H2,25,26,29)/b24-16-/t17-/m0/s1. The van der Waals surface area contributed by atoms with Crippen molar-refractivity contribution < 1.29 is 9.47 Å². The lowest BCUT2D eigenvalue weighted by Crippen LogP contribution is -2.23. The molecule has 0 radical (unpaired) electrons. The minimum absolute atomic E-state index is 0.0901. The van der Waals surface area contributed by atoms with Gasteiger partial charge < -0.3 is 14.8 Å². The second-order valence-corrected chi connectivity index (χ2v) is 6.68. The summed E-state index contributed by atoms with van der Waals surface area (Å²) in [4.78, 5) is 0. The molecular weight excluding hydrogens is 382 g/mol. The molecule has 0 saturated heterocycles. The summed E-state index contributed by atoms with van der Waals surface area (Å²) < 4.78 is 11.6. The zero-order valence-electron chi connectivity index (χ0n) is 16.3. The number of hydrazone groups is 1. The van der Waals surface area contributed by atoms with Crippen LogP contribution in [0.15, 0.2) is 84.0 Å². The maximum Gasteiger partial charge on any atom is 0.191 e. The molecule has 6 heteroatoms. The summed E-state index contributed by atoms with van der Waals surface area (Å²) >= 11 is 5.23. The van der Waals surface area contributed by atoms with Gasteiger partial charge in [-0.2, -0.15) is 5.10 Å². The van der Waals surface area contributed by atoms with Gasteiger partial charge >= 0.3 is 0 Å². The predicted molar refractivity (Wildman–Crippen MR) is 122 cm³/mol. The topological polar surface area (TPSA) is 54.9 Å². The first kappa shape index (κ1) is 20.4. The van der Waals surface area contributed by atoms with Crippen LogP contribution in [0.1, 0.15) is 24.2 Å². The molecule has 3 aromatic rings. The lowest BCUT2D eigenvalue weighted by atomic mass is 10.1. The van der Waals surface area contributed by atoms with Gasteiger partial charge in [0.05, 0.1) is 13.3 Å². The number of para-hydroxylation sites is 1. The van der Waals surface area contributed by atoms with E-state index < -0.39 is 0 Å². The fourth-order valence-corrected chi connectivity index (χ4v) is 2.86. The van der Waals surface area contributed by atoms with E-state index in [-0.39, 0.29) is 6.10 Å². The molecule has 0 aliphatic heterocycles. The molecule has 1 atom stereocenters. The Bertz CT molecular complexity index is 962. The minimum atomic E-state index is -0.0901. The molecule has 148 valence electrons. The molecule has 0 aromatic heterocycles. The highest BCUT2D eigenvalue weighted by Gasteiger charge is 2.11. The van der Waals surface area contributed by atoms with Crippen LogP contribution < -0.4 is 20.2 Å². The lowest BCUT2D eigenvalue weighted by molar-refractivity contribution is 0.216. The van der Waals surface area contributed by atoms with E-state index in [1.165, 1.54) is 0 Å². The van der Waals surface area contributed by atoms with Crippen molar-refractivity contribution in [3.05, 3.63) is 90.0 Å². The average molecular weight is 406 g/mol. The Labute approximate surface area is 176 Å². The van der Waals surface area contributed by atoms with Crippen LogP contribution in [0.2, 0.25) is 0 Å². The summed E-state index contributed by atoms with van der Waals surface area (Å²) in [6.07, 6.45) is 1.58. The van der Waals surface area contributed by atoms with E-state index in [1.54, 1.807) is 13.3 Å². The Balaban J connectivity index is 1.60. The molecule has 0 aliphatic carbocycles. The van der Waals surface area contributed by atoms with Crippen LogP contribution in [0.5, 0.6) is 11.5 Å². The molecule has 0 bridgehead atoms. The van der Waals surface area contributed by atoms with Gasteiger partial charge in [-0.05, 0) is 60.6 Å². The predicted octanol–water partition coefficient (Wildman–Crippen LogP) is 5.16. The van der Waals surface area contributed by atoms with E-state index >= 15 is 0 Å². The fraction of sp³-hybridized carbons (Fsp3) is 0.130. The van der Waals surface area contributed by atoms with Crippen LogP contribution in [0.4, 0.5) is 5.69 Å². The van der Waals surface area contributed by atoms with E-state index in [9.17, 15) is 0 Å². The summed E-state index contributed by atoms with van der Waals surface area (Å²) in [7, 11) is 1.62. The van der Waals surface area contributed by atoms with Crippen LogP contribution in [0.3, 0.4) is 0 Å². The highest BCUT2D eigenvalue weighted by atomic mass is 32.1. The van der Waals surface area contributed by atoms with Crippen molar-refractivity contribution in [3.8, 4) is 11.5 Å². The van der Waals surface area contributed by atoms with Gasteiger partial charge in [-0.1, -0.05) is 48.5 Å². The lowest BCUT2D eigenvalue weighted by Gasteiger charge is -2.17. The first-order valence-electron chi connectivity index (χ1n) is 9.20. The number of thiocarbonyl (C=S) groups is 1. The van der Waals surface area contributed by atoms with Crippen molar-refractivity contribution in [2.75, 3.05) is 12.4 Å². The molecule has 0 fully saturated rings. The molecule has 0 heterocycles. The zero-order valence-corrected chi connectivity index (χ0v) is 17.1.